The van der Waals surface area contributed by atoms with E-state index in [9.17, 15) is 4.79 Å². The third-order valence-electron chi connectivity index (χ3n) is 4.83. The van der Waals surface area contributed by atoms with Crippen LogP contribution >= 0.6 is 0 Å². The number of methoxy groups -OCH3 is 1. The van der Waals surface area contributed by atoms with Crippen LogP contribution in [0.5, 0.6) is 5.75 Å². The van der Waals surface area contributed by atoms with E-state index in [4.69, 9.17) is 9.72 Å². The average molecular weight is 317 g/mol. The number of aromatic nitrogens is 1. The van der Waals surface area contributed by atoms with Gasteiger partial charge in [-0.05, 0) is 43.0 Å². The highest BCUT2D eigenvalue weighted by Gasteiger charge is 2.24. The van der Waals surface area contributed by atoms with Gasteiger partial charge in [0, 0.05) is 17.4 Å². The van der Waals surface area contributed by atoms with Crippen LogP contribution in [0.4, 0.5) is 0 Å². The largest absolute Gasteiger partial charge is 0.496 e. The lowest BCUT2D eigenvalue weighted by Gasteiger charge is -2.20. The topological polar surface area (TPSA) is 39.2 Å². The number of hydrogen-bond donors (Lipinski definition) is 0. The van der Waals surface area contributed by atoms with E-state index in [1.807, 2.05) is 37.3 Å². The fourth-order valence-electron chi connectivity index (χ4n) is 3.68. The highest BCUT2D eigenvalue weighted by Crippen LogP contribution is 2.39. The van der Waals surface area contributed by atoms with Gasteiger partial charge in [0.1, 0.15) is 5.75 Å². The van der Waals surface area contributed by atoms with Gasteiger partial charge in [0.05, 0.1) is 23.9 Å². The van der Waals surface area contributed by atoms with Crippen LogP contribution in [0.1, 0.15) is 34.5 Å². The lowest BCUT2D eigenvalue weighted by atomic mass is 9.88. The number of carbonyl (C=O) groups is 1. The highest BCUT2D eigenvalue weighted by molar-refractivity contribution is 6.06. The molecule has 3 aromatic rings. The predicted octanol–water partition coefficient (Wildman–Crippen LogP) is 4.74. The van der Waals surface area contributed by atoms with Crippen molar-refractivity contribution < 1.29 is 9.53 Å². The molecular formula is C21H19NO2. The van der Waals surface area contributed by atoms with E-state index in [0.717, 1.165) is 57.4 Å². The number of carbonyl (C=O) groups excluding carboxylic acids is 1. The van der Waals surface area contributed by atoms with Crippen LogP contribution in [-0.2, 0) is 6.42 Å². The molecule has 3 nitrogen and oxygen atoms in total. The molecule has 0 atom stereocenters. The minimum Gasteiger partial charge on any atom is -0.496 e. The number of aryl methyl sites for hydroxylation is 2. The zero-order valence-electron chi connectivity index (χ0n) is 13.9. The lowest BCUT2D eigenvalue weighted by molar-refractivity contribution is 0.0971. The third kappa shape index (κ3) is 2.20. The van der Waals surface area contributed by atoms with Gasteiger partial charge in [0.15, 0.2) is 5.78 Å². The Labute approximate surface area is 141 Å². The predicted molar refractivity (Wildman–Crippen MR) is 95.7 cm³/mol. The molecule has 4 rings (SSSR count). The van der Waals surface area contributed by atoms with Crippen molar-refractivity contribution in [3.63, 3.8) is 0 Å². The number of rotatable bonds is 2. The van der Waals surface area contributed by atoms with Crippen molar-refractivity contribution in [3.8, 4) is 16.9 Å². The Morgan fingerprint density at radius 3 is 2.54 bits per heavy atom. The van der Waals surface area contributed by atoms with Crippen LogP contribution in [-0.4, -0.2) is 17.9 Å². The number of nitrogens with zero attached hydrogens (tertiary/aromatic N) is 1. The van der Waals surface area contributed by atoms with E-state index in [0.29, 0.717) is 6.42 Å². The van der Waals surface area contributed by atoms with Crippen molar-refractivity contribution in [1.29, 1.82) is 0 Å². The molecule has 0 radical (unpaired) electrons. The Kier molecular flexibility index (Phi) is 3.57. The van der Waals surface area contributed by atoms with E-state index in [1.54, 1.807) is 7.11 Å². The molecule has 1 aromatic heterocycles. The van der Waals surface area contributed by atoms with E-state index in [1.165, 1.54) is 0 Å². The zero-order chi connectivity index (χ0) is 16.7. The van der Waals surface area contributed by atoms with E-state index < -0.39 is 0 Å². The quantitative estimate of drug-likeness (QED) is 0.685. The molecule has 0 N–H and O–H groups in total. The molecule has 0 aliphatic heterocycles. The van der Waals surface area contributed by atoms with Gasteiger partial charge in [-0.3, -0.25) is 9.78 Å². The first-order valence-electron chi connectivity index (χ1n) is 8.29. The molecule has 0 saturated carbocycles. The Morgan fingerprint density at radius 2 is 1.79 bits per heavy atom. The summed E-state index contributed by atoms with van der Waals surface area (Å²) in [6.45, 7) is 2.04. The van der Waals surface area contributed by atoms with E-state index in [2.05, 4.69) is 12.1 Å². The number of ether oxygens (including phenoxy) is 1. The van der Waals surface area contributed by atoms with Gasteiger partial charge in [-0.2, -0.15) is 0 Å². The monoisotopic (exact) mass is 317 g/mol. The van der Waals surface area contributed by atoms with Gasteiger partial charge in [0.25, 0.3) is 0 Å². The summed E-state index contributed by atoms with van der Waals surface area (Å²) in [4.78, 5) is 17.3. The minimum absolute atomic E-state index is 0.222. The molecule has 3 heteroatoms. The Hall–Kier alpha value is -2.68. The van der Waals surface area contributed by atoms with Crippen LogP contribution < -0.4 is 4.74 Å². The average Bonchev–Trinajstić information content (AvgIpc) is 2.61. The molecule has 0 spiro atoms. The molecule has 0 unspecified atom stereocenters. The molecular weight excluding hydrogens is 298 g/mol. The van der Waals surface area contributed by atoms with Crippen molar-refractivity contribution >= 4 is 16.7 Å². The zero-order valence-corrected chi connectivity index (χ0v) is 13.9. The number of benzene rings is 2. The Morgan fingerprint density at radius 1 is 1.00 bits per heavy atom. The molecule has 0 fully saturated rings. The first kappa shape index (κ1) is 14.9. The maximum absolute atomic E-state index is 12.4. The summed E-state index contributed by atoms with van der Waals surface area (Å²) in [5.74, 6) is 1.03. The van der Waals surface area contributed by atoms with Crippen molar-refractivity contribution in [1.82, 2.24) is 4.98 Å². The first-order valence-corrected chi connectivity index (χ1v) is 8.29. The van der Waals surface area contributed by atoms with E-state index >= 15 is 0 Å². The molecule has 1 heterocycles. The first-order chi connectivity index (χ1) is 11.7. The van der Waals surface area contributed by atoms with Gasteiger partial charge >= 0.3 is 0 Å². The van der Waals surface area contributed by atoms with Gasteiger partial charge in [-0.1, -0.05) is 30.3 Å². The Bertz CT molecular complexity index is 945. The number of fused-ring (bicyclic) bond motifs is 2. The molecule has 1 aliphatic carbocycles. The van der Waals surface area contributed by atoms with Crippen molar-refractivity contribution in [2.24, 2.45) is 0 Å². The summed E-state index contributed by atoms with van der Waals surface area (Å²) in [5, 5.41) is 1.03. The van der Waals surface area contributed by atoms with Crippen molar-refractivity contribution in [2.75, 3.05) is 7.11 Å². The summed E-state index contributed by atoms with van der Waals surface area (Å²) in [6.07, 6.45) is 2.38. The second-order valence-corrected chi connectivity index (χ2v) is 6.24. The van der Waals surface area contributed by atoms with Gasteiger partial charge in [-0.15, -0.1) is 0 Å². The smallest absolute Gasteiger partial charge is 0.165 e. The number of Topliss-reactive ketones (excluding diaryl/α,β-unsaturated/α-hetero) is 1. The van der Waals surface area contributed by atoms with E-state index in [-0.39, 0.29) is 5.78 Å². The normalized spacial score (nSPS) is 13.8. The fourth-order valence-corrected chi connectivity index (χ4v) is 3.68. The summed E-state index contributed by atoms with van der Waals surface area (Å²) < 4.78 is 5.61. The van der Waals surface area contributed by atoms with Crippen LogP contribution in [0.2, 0.25) is 0 Å². The molecule has 0 saturated heterocycles. The summed E-state index contributed by atoms with van der Waals surface area (Å²) in [7, 11) is 1.68. The number of ketones is 1. The minimum atomic E-state index is 0.222. The van der Waals surface area contributed by atoms with Gasteiger partial charge in [-0.25, -0.2) is 0 Å². The molecule has 24 heavy (non-hydrogen) atoms. The number of hydrogen-bond acceptors (Lipinski definition) is 3. The van der Waals surface area contributed by atoms with Crippen molar-refractivity contribution in [2.45, 2.75) is 26.2 Å². The fraction of sp³-hybridized carbons (Fsp3) is 0.238. The molecule has 120 valence electrons. The maximum Gasteiger partial charge on any atom is 0.165 e. The second-order valence-electron chi connectivity index (χ2n) is 6.24. The van der Waals surface area contributed by atoms with Crippen LogP contribution in [0.3, 0.4) is 0 Å². The summed E-state index contributed by atoms with van der Waals surface area (Å²) in [6, 6.07) is 14.2. The molecule has 2 aromatic carbocycles. The third-order valence-corrected chi connectivity index (χ3v) is 4.83. The summed E-state index contributed by atoms with van der Waals surface area (Å²) in [5.41, 5.74) is 5.80. The maximum atomic E-state index is 12.4. The van der Waals surface area contributed by atoms with Crippen molar-refractivity contribution in [3.05, 3.63) is 59.3 Å². The van der Waals surface area contributed by atoms with Crippen LogP contribution in [0.15, 0.2) is 42.5 Å². The Balaban J connectivity index is 2.11. The lowest BCUT2D eigenvalue weighted by Crippen LogP contribution is -2.15. The van der Waals surface area contributed by atoms with Crippen LogP contribution in [0, 0.1) is 6.92 Å². The molecule has 1 aliphatic rings. The summed E-state index contributed by atoms with van der Waals surface area (Å²) >= 11 is 0. The highest BCUT2D eigenvalue weighted by atomic mass is 16.5. The molecule has 0 amide bonds. The molecule has 0 bridgehead atoms. The standard InChI is InChI=1S/C21H19NO2/c1-13-15-11-12-18(24-2)20(14-7-4-3-5-8-14)21(15)22-16-9-6-10-17(23)19(13)16/h3-5,7-8,11-12H,6,9-10H2,1-2H3. The van der Waals surface area contributed by atoms with Crippen LogP contribution in [0.25, 0.3) is 22.0 Å². The van der Waals surface area contributed by atoms with Gasteiger partial charge < -0.3 is 4.74 Å². The second kappa shape index (κ2) is 5.75. The van der Waals surface area contributed by atoms with Gasteiger partial charge in [0.2, 0.25) is 0 Å². The SMILES string of the molecule is COc1ccc2c(C)c3c(nc2c1-c1ccccc1)CCCC3=O. The number of pyridine rings is 1.